The lowest BCUT2D eigenvalue weighted by Gasteiger charge is -2.47. The third kappa shape index (κ3) is 2.05. The summed E-state index contributed by atoms with van der Waals surface area (Å²) < 4.78 is 0. The Bertz CT molecular complexity index is 376. The highest BCUT2D eigenvalue weighted by molar-refractivity contribution is 9.09. The molecule has 0 radical (unpaired) electrons. The largest absolute Gasteiger partial charge is 0.337 e. The number of β-lactam (4-membered cyclic amide) rings is 1. The molecule has 0 atom stereocenters. The zero-order chi connectivity index (χ0) is 11.6. The number of alkyl halides is 2. The van der Waals surface area contributed by atoms with Crippen molar-refractivity contribution in [3.05, 3.63) is 35.9 Å². The Morgan fingerprint density at radius 3 is 2.31 bits per heavy atom. The molecule has 0 aliphatic carbocycles. The van der Waals surface area contributed by atoms with Gasteiger partial charge in [-0.05, 0) is 5.56 Å². The molecule has 1 aliphatic rings. The minimum atomic E-state index is -0.214. The van der Waals surface area contributed by atoms with Crippen LogP contribution in [0, 0.1) is 5.41 Å². The Balaban J connectivity index is 1.99. The van der Waals surface area contributed by atoms with E-state index in [1.54, 1.807) is 0 Å². The Hall–Kier alpha value is -0.350. The van der Waals surface area contributed by atoms with Crippen LogP contribution in [0.5, 0.6) is 0 Å². The van der Waals surface area contributed by atoms with Crippen molar-refractivity contribution in [2.45, 2.75) is 6.54 Å². The van der Waals surface area contributed by atoms with Crippen LogP contribution in [-0.2, 0) is 11.3 Å². The molecule has 1 heterocycles. The molecule has 86 valence electrons. The molecule has 2 rings (SSSR count). The molecular weight excluding hydrogens is 334 g/mol. The number of likely N-dealkylation sites (tertiary alicyclic amines) is 1. The van der Waals surface area contributed by atoms with E-state index in [0.717, 1.165) is 23.7 Å². The molecular formula is C12H13Br2NO. The number of rotatable bonds is 4. The molecule has 0 bridgehead atoms. The van der Waals surface area contributed by atoms with Gasteiger partial charge >= 0.3 is 0 Å². The number of hydrogen-bond acceptors (Lipinski definition) is 1. The van der Waals surface area contributed by atoms with Crippen LogP contribution in [0.3, 0.4) is 0 Å². The number of benzene rings is 1. The van der Waals surface area contributed by atoms with Crippen LogP contribution in [0.2, 0.25) is 0 Å². The van der Waals surface area contributed by atoms with E-state index >= 15 is 0 Å². The molecule has 16 heavy (non-hydrogen) atoms. The molecule has 0 aromatic heterocycles. The normalized spacial score (nSPS) is 18.4. The fourth-order valence-electron chi connectivity index (χ4n) is 1.91. The molecule has 0 unspecified atom stereocenters. The highest BCUT2D eigenvalue weighted by Gasteiger charge is 2.50. The van der Waals surface area contributed by atoms with Gasteiger partial charge < -0.3 is 4.90 Å². The predicted octanol–water partition coefficient (Wildman–Crippen LogP) is 2.81. The van der Waals surface area contributed by atoms with Crippen molar-refractivity contribution in [3.63, 3.8) is 0 Å². The van der Waals surface area contributed by atoms with Crippen molar-refractivity contribution in [1.29, 1.82) is 0 Å². The van der Waals surface area contributed by atoms with Gasteiger partial charge in [-0.25, -0.2) is 0 Å². The second-order valence-electron chi connectivity index (χ2n) is 4.19. The first kappa shape index (κ1) is 12.1. The molecule has 1 fully saturated rings. The van der Waals surface area contributed by atoms with Gasteiger partial charge in [0, 0.05) is 23.7 Å². The standard InChI is InChI=1S/C12H13Br2NO/c13-7-12(8-14)9-15(11(12)16)6-10-4-2-1-3-5-10/h1-5H,6-9H2. The van der Waals surface area contributed by atoms with Gasteiger partial charge in [0.2, 0.25) is 5.91 Å². The van der Waals surface area contributed by atoms with E-state index in [-0.39, 0.29) is 11.3 Å². The summed E-state index contributed by atoms with van der Waals surface area (Å²) in [6, 6.07) is 10.1. The van der Waals surface area contributed by atoms with E-state index in [2.05, 4.69) is 44.0 Å². The minimum Gasteiger partial charge on any atom is -0.337 e. The molecule has 1 aliphatic heterocycles. The molecule has 1 aromatic rings. The van der Waals surface area contributed by atoms with Gasteiger partial charge in [0.05, 0.1) is 5.41 Å². The molecule has 4 heteroatoms. The topological polar surface area (TPSA) is 20.3 Å². The molecule has 1 saturated heterocycles. The fraction of sp³-hybridized carbons (Fsp3) is 0.417. The van der Waals surface area contributed by atoms with Gasteiger partial charge in [-0.2, -0.15) is 0 Å². The van der Waals surface area contributed by atoms with E-state index in [0.29, 0.717) is 0 Å². The van der Waals surface area contributed by atoms with Gasteiger partial charge in [0.15, 0.2) is 0 Å². The Morgan fingerprint density at radius 1 is 1.19 bits per heavy atom. The Morgan fingerprint density at radius 2 is 1.81 bits per heavy atom. The van der Waals surface area contributed by atoms with Crippen LogP contribution in [0.15, 0.2) is 30.3 Å². The predicted molar refractivity (Wildman–Crippen MR) is 71.9 cm³/mol. The maximum Gasteiger partial charge on any atom is 0.232 e. The van der Waals surface area contributed by atoms with Crippen molar-refractivity contribution in [1.82, 2.24) is 4.90 Å². The van der Waals surface area contributed by atoms with Gasteiger partial charge in [-0.3, -0.25) is 4.79 Å². The molecule has 2 nitrogen and oxygen atoms in total. The first-order valence-electron chi connectivity index (χ1n) is 5.17. The lowest BCUT2D eigenvalue weighted by molar-refractivity contribution is -0.156. The maximum atomic E-state index is 12.0. The summed E-state index contributed by atoms with van der Waals surface area (Å²) >= 11 is 6.84. The second kappa shape index (κ2) is 4.88. The highest BCUT2D eigenvalue weighted by Crippen LogP contribution is 2.36. The third-order valence-corrected chi connectivity index (χ3v) is 5.11. The number of carbonyl (C=O) groups excluding carboxylic acids is 1. The summed E-state index contributed by atoms with van der Waals surface area (Å²) in [5.74, 6) is 0.241. The summed E-state index contributed by atoms with van der Waals surface area (Å²) in [4.78, 5) is 13.9. The van der Waals surface area contributed by atoms with E-state index in [1.165, 1.54) is 5.56 Å². The van der Waals surface area contributed by atoms with Crippen LogP contribution in [0.25, 0.3) is 0 Å². The van der Waals surface area contributed by atoms with Gasteiger partial charge in [0.1, 0.15) is 0 Å². The lowest BCUT2D eigenvalue weighted by atomic mass is 9.82. The van der Waals surface area contributed by atoms with E-state index in [1.807, 2.05) is 23.1 Å². The number of hydrogen-bond donors (Lipinski definition) is 0. The Labute approximate surface area is 112 Å². The lowest BCUT2D eigenvalue weighted by Crippen LogP contribution is -2.62. The van der Waals surface area contributed by atoms with E-state index in [9.17, 15) is 4.79 Å². The average molecular weight is 347 g/mol. The second-order valence-corrected chi connectivity index (χ2v) is 5.32. The van der Waals surface area contributed by atoms with E-state index < -0.39 is 0 Å². The molecule has 1 amide bonds. The first-order valence-corrected chi connectivity index (χ1v) is 7.41. The number of halogens is 2. The van der Waals surface area contributed by atoms with E-state index in [4.69, 9.17) is 0 Å². The summed E-state index contributed by atoms with van der Waals surface area (Å²) in [5.41, 5.74) is 0.975. The minimum absolute atomic E-state index is 0.214. The monoisotopic (exact) mass is 345 g/mol. The zero-order valence-electron chi connectivity index (χ0n) is 8.83. The summed E-state index contributed by atoms with van der Waals surface area (Å²) in [7, 11) is 0. The van der Waals surface area contributed by atoms with Crippen molar-refractivity contribution >= 4 is 37.8 Å². The number of amides is 1. The quantitative estimate of drug-likeness (QED) is 0.606. The highest BCUT2D eigenvalue weighted by atomic mass is 79.9. The number of carbonyl (C=O) groups is 1. The van der Waals surface area contributed by atoms with Crippen molar-refractivity contribution in [2.24, 2.45) is 5.41 Å². The van der Waals surface area contributed by atoms with Crippen LogP contribution in [-0.4, -0.2) is 28.0 Å². The van der Waals surface area contributed by atoms with Crippen LogP contribution < -0.4 is 0 Å². The van der Waals surface area contributed by atoms with Crippen LogP contribution >= 0.6 is 31.9 Å². The molecule has 0 spiro atoms. The maximum absolute atomic E-state index is 12.0. The Kier molecular flexibility index (Phi) is 3.70. The fourth-order valence-corrected chi connectivity index (χ4v) is 3.68. The van der Waals surface area contributed by atoms with Crippen LogP contribution in [0.4, 0.5) is 0 Å². The van der Waals surface area contributed by atoms with Crippen molar-refractivity contribution in [2.75, 3.05) is 17.2 Å². The van der Waals surface area contributed by atoms with Crippen LogP contribution in [0.1, 0.15) is 5.56 Å². The molecule has 0 N–H and O–H groups in total. The number of nitrogens with zero attached hydrogens (tertiary/aromatic N) is 1. The summed E-state index contributed by atoms with van der Waals surface area (Å²) in [6.45, 7) is 1.55. The van der Waals surface area contributed by atoms with Gasteiger partial charge in [-0.15, -0.1) is 0 Å². The third-order valence-electron chi connectivity index (χ3n) is 2.96. The van der Waals surface area contributed by atoms with Gasteiger partial charge in [-0.1, -0.05) is 62.2 Å². The van der Waals surface area contributed by atoms with Gasteiger partial charge in [0.25, 0.3) is 0 Å². The summed E-state index contributed by atoms with van der Waals surface area (Å²) in [6.07, 6.45) is 0. The average Bonchev–Trinajstić information content (AvgIpc) is 2.35. The SMILES string of the molecule is O=C1N(Cc2ccccc2)CC1(CBr)CBr. The molecule has 0 saturated carbocycles. The summed E-state index contributed by atoms with van der Waals surface area (Å²) in [5, 5.41) is 1.46. The first-order chi connectivity index (χ1) is 7.72. The van der Waals surface area contributed by atoms with Crippen molar-refractivity contribution < 1.29 is 4.79 Å². The van der Waals surface area contributed by atoms with Crippen molar-refractivity contribution in [3.8, 4) is 0 Å². The zero-order valence-corrected chi connectivity index (χ0v) is 12.0. The smallest absolute Gasteiger partial charge is 0.232 e. The molecule has 1 aromatic carbocycles.